The van der Waals surface area contributed by atoms with Crippen molar-refractivity contribution in [2.75, 3.05) is 6.61 Å². The fourth-order valence-corrected chi connectivity index (χ4v) is 1.88. The van der Waals surface area contributed by atoms with Crippen LogP contribution in [0.15, 0.2) is 24.3 Å². The van der Waals surface area contributed by atoms with Crippen molar-refractivity contribution in [3.05, 3.63) is 34.4 Å². The molecule has 6 nitrogen and oxygen atoms in total. The van der Waals surface area contributed by atoms with Crippen LogP contribution in [-0.4, -0.2) is 23.1 Å². The highest BCUT2D eigenvalue weighted by Crippen LogP contribution is 2.24. The number of non-ortho nitro benzene ring substituents is 1. The Morgan fingerprint density at radius 2 is 2.15 bits per heavy atom. The van der Waals surface area contributed by atoms with Crippen molar-refractivity contribution in [3.8, 4) is 11.8 Å². The normalized spacial score (nSPS) is 17.0. The summed E-state index contributed by atoms with van der Waals surface area (Å²) in [5.74, 6) is 0.572. The molecule has 6 heteroatoms. The zero-order valence-electron chi connectivity index (χ0n) is 11.3. The van der Waals surface area contributed by atoms with E-state index in [4.69, 9.17) is 4.74 Å². The van der Waals surface area contributed by atoms with Gasteiger partial charge in [-0.15, -0.1) is 0 Å². The van der Waals surface area contributed by atoms with Gasteiger partial charge in [0.1, 0.15) is 11.3 Å². The molecule has 1 aromatic rings. The van der Waals surface area contributed by atoms with E-state index in [2.05, 4.69) is 11.4 Å². The average Bonchev–Trinajstić information content (AvgIpc) is 3.23. The number of nitrogens with zero attached hydrogens (tertiary/aromatic N) is 2. The van der Waals surface area contributed by atoms with Crippen molar-refractivity contribution < 1.29 is 9.66 Å². The number of ether oxygens (including phenoxy) is 1. The van der Waals surface area contributed by atoms with Gasteiger partial charge in [-0.1, -0.05) is 0 Å². The lowest BCUT2D eigenvalue weighted by atomic mass is 10.0. The summed E-state index contributed by atoms with van der Waals surface area (Å²) >= 11 is 0. The van der Waals surface area contributed by atoms with Gasteiger partial charge in [0, 0.05) is 24.6 Å². The minimum atomic E-state index is -0.581. The number of rotatable bonds is 7. The molecule has 1 unspecified atom stereocenters. The Balaban J connectivity index is 1.82. The smallest absolute Gasteiger partial charge is 0.269 e. The fraction of sp³-hybridized carbons (Fsp3) is 0.500. The van der Waals surface area contributed by atoms with E-state index in [1.54, 1.807) is 12.1 Å². The van der Waals surface area contributed by atoms with Crippen LogP contribution in [0.5, 0.6) is 5.75 Å². The molecule has 1 aromatic carbocycles. The molecule has 0 amide bonds. The second-order valence-electron chi connectivity index (χ2n) is 5.21. The predicted octanol–water partition coefficient (Wildman–Crippen LogP) is 2.40. The van der Waals surface area contributed by atoms with E-state index in [0.29, 0.717) is 24.8 Å². The van der Waals surface area contributed by atoms with Crippen LogP contribution >= 0.6 is 0 Å². The number of benzene rings is 1. The van der Waals surface area contributed by atoms with Crippen LogP contribution in [0.25, 0.3) is 0 Å². The summed E-state index contributed by atoms with van der Waals surface area (Å²) in [6, 6.07) is 8.68. The number of nitrogens with one attached hydrogen (secondary N) is 1. The molecule has 1 aliphatic carbocycles. The Bertz CT molecular complexity index is 519. The van der Waals surface area contributed by atoms with Crippen LogP contribution in [0, 0.1) is 21.4 Å². The zero-order valence-corrected chi connectivity index (χ0v) is 11.3. The van der Waals surface area contributed by atoms with Crippen LogP contribution in [0.2, 0.25) is 0 Å². The van der Waals surface area contributed by atoms with Gasteiger partial charge < -0.3 is 4.74 Å². The molecular formula is C14H17N3O3. The summed E-state index contributed by atoms with van der Waals surface area (Å²) in [7, 11) is 0. The van der Waals surface area contributed by atoms with E-state index in [9.17, 15) is 15.4 Å². The van der Waals surface area contributed by atoms with Crippen molar-refractivity contribution in [2.24, 2.45) is 0 Å². The van der Waals surface area contributed by atoms with E-state index >= 15 is 0 Å². The summed E-state index contributed by atoms with van der Waals surface area (Å²) in [6.07, 6.45) is 2.82. The molecule has 20 heavy (non-hydrogen) atoms. The van der Waals surface area contributed by atoms with Crippen LogP contribution in [-0.2, 0) is 0 Å². The number of nitriles is 1. The summed E-state index contributed by atoms with van der Waals surface area (Å²) in [5.41, 5.74) is -0.545. The summed E-state index contributed by atoms with van der Waals surface area (Å²) < 4.78 is 5.53. The summed E-state index contributed by atoms with van der Waals surface area (Å²) in [6.45, 7) is 2.26. The third-order valence-corrected chi connectivity index (χ3v) is 3.27. The molecule has 1 saturated carbocycles. The Morgan fingerprint density at radius 1 is 1.50 bits per heavy atom. The van der Waals surface area contributed by atoms with Gasteiger partial charge in [-0.2, -0.15) is 5.26 Å². The summed E-state index contributed by atoms with van der Waals surface area (Å²) in [5, 5.41) is 23.0. The standard InChI is InChI=1S/C14H17N3O3/c1-14(10-15,16-11-2-3-11)8-9-20-13-6-4-12(5-7-13)17(18)19/h4-7,11,16H,2-3,8-9H2,1H3. The molecule has 1 aliphatic rings. The van der Waals surface area contributed by atoms with Crippen molar-refractivity contribution in [2.45, 2.75) is 37.8 Å². The van der Waals surface area contributed by atoms with Crippen LogP contribution in [0.1, 0.15) is 26.2 Å². The van der Waals surface area contributed by atoms with Crippen molar-refractivity contribution >= 4 is 5.69 Å². The molecule has 106 valence electrons. The molecule has 0 bridgehead atoms. The Hall–Kier alpha value is -2.13. The first kappa shape index (κ1) is 14.3. The molecule has 2 rings (SSSR count). The highest BCUT2D eigenvalue weighted by Gasteiger charge is 2.32. The molecule has 0 saturated heterocycles. The number of nitro benzene ring substituents is 1. The number of nitro groups is 1. The molecule has 1 fully saturated rings. The third kappa shape index (κ3) is 3.93. The lowest BCUT2D eigenvalue weighted by molar-refractivity contribution is -0.384. The molecule has 1 atom stereocenters. The van der Waals surface area contributed by atoms with Gasteiger partial charge in [-0.05, 0) is 31.9 Å². The quantitative estimate of drug-likeness (QED) is 0.609. The topological polar surface area (TPSA) is 88.2 Å². The van der Waals surface area contributed by atoms with Crippen LogP contribution in [0.3, 0.4) is 0 Å². The van der Waals surface area contributed by atoms with Gasteiger partial charge in [0.25, 0.3) is 5.69 Å². The SMILES string of the molecule is CC(C#N)(CCOc1ccc([N+](=O)[O-])cc1)NC1CC1. The zero-order chi connectivity index (χ0) is 14.6. The minimum absolute atomic E-state index is 0.0367. The maximum Gasteiger partial charge on any atom is 0.269 e. The van der Waals surface area contributed by atoms with E-state index in [0.717, 1.165) is 12.8 Å². The average molecular weight is 275 g/mol. The van der Waals surface area contributed by atoms with Gasteiger partial charge >= 0.3 is 0 Å². The van der Waals surface area contributed by atoms with E-state index in [1.807, 2.05) is 6.92 Å². The van der Waals surface area contributed by atoms with Gasteiger partial charge in [0.2, 0.25) is 0 Å². The molecule has 1 N–H and O–H groups in total. The van der Waals surface area contributed by atoms with E-state index in [-0.39, 0.29) is 5.69 Å². The highest BCUT2D eigenvalue weighted by atomic mass is 16.6. The van der Waals surface area contributed by atoms with Gasteiger partial charge in [-0.3, -0.25) is 15.4 Å². The number of hydrogen-bond donors (Lipinski definition) is 1. The molecule has 0 heterocycles. The van der Waals surface area contributed by atoms with Gasteiger partial charge in [0.05, 0.1) is 17.6 Å². The lowest BCUT2D eigenvalue weighted by Gasteiger charge is -2.23. The van der Waals surface area contributed by atoms with E-state index in [1.165, 1.54) is 12.1 Å². The highest BCUT2D eigenvalue weighted by molar-refractivity contribution is 5.35. The number of hydrogen-bond acceptors (Lipinski definition) is 5. The Labute approximate surface area is 117 Å². The second kappa shape index (κ2) is 5.88. The van der Waals surface area contributed by atoms with Gasteiger partial charge in [-0.25, -0.2) is 0 Å². The first-order valence-electron chi connectivity index (χ1n) is 6.59. The molecule has 0 radical (unpaired) electrons. The Kier molecular flexibility index (Phi) is 4.20. The van der Waals surface area contributed by atoms with Crippen molar-refractivity contribution in [1.29, 1.82) is 5.26 Å². The molecular weight excluding hydrogens is 258 g/mol. The first-order chi connectivity index (χ1) is 9.52. The van der Waals surface area contributed by atoms with Gasteiger partial charge in [0.15, 0.2) is 0 Å². The maximum atomic E-state index is 10.5. The van der Waals surface area contributed by atoms with Crippen molar-refractivity contribution in [1.82, 2.24) is 5.32 Å². The van der Waals surface area contributed by atoms with Crippen molar-refractivity contribution in [3.63, 3.8) is 0 Å². The van der Waals surface area contributed by atoms with E-state index < -0.39 is 10.5 Å². The maximum absolute atomic E-state index is 10.5. The second-order valence-corrected chi connectivity index (χ2v) is 5.21. The fourth-order valence-electron chi connectivity index (χ4n) is 1.88. The molecule has 0 spiro atoms. The largest absolute Gasteiger partial charge is 0.493 e. The first-order valence-corrected chi connectivity index (χ1v) is 6.59. The predicted molar refractivity (Wildman–Crippen MR) is 73.4 cm³/mol. The molecule has 0 aromatic heterocycles. The minimum Gasteiger partial charge on any atom is -0.493 e. The molecule has 0 aliphatic heterocycles. The third-order valence-electron chi connectivity index (χ3n) is 3.27. The van der Waals surface area contributed by atoms with Crippen LogP contribution in [0.4, 0.5) is 5.69 Å². The summed E-state index contributed by atoms with van der Waals surface area (Å²) in [4.78, 5) is 10.1. The van der Waals surface area contributed by atoms with Crippen LogP contribution < -0.4 is 10.1 Å². The lowest BCUT2D eigenvalue weighted by Crippen LogP contribution is -2.43. The Morgan fingerprint density at radius 3 is 2.65 bits per heavy atom. The monoisotopic (exact) mass is 275 g/mol.